The van der Waals surface area contributed by atoms with E-state index in [1.54, 1.807) is 6.92 Å². The first-order valence-corrected chi connectivity index (χ1v) is 4.00. The molecule has 0 aromatic heterocycles. The van der Waals surface area contributed by atoms with Gasteiger partial charge in [-0.2, -0.15) is 0 Å². The summed E-state index contributed by atoms with van der Waals surface area (Å²) in [5, 5.41) is 0.519. The minimum atomic E-state index is 0.519. The van der Waals surface area contributed by atoms with Crippen LogP contribution in [0.1, 0.15) is 12.5 Å². The number of hydrogen-bond donors (Lipinski definition) is 0. The van der Waals surface area contributed by atoms with Crippen LogP contribution in [-0.4, -0.2) is 6.29 Å². The Morgan fingerprint density at radius 1 is 1.33 bits per heavy atom. The van der Waals surface area contributed by atoms with E-state index in [2.05, 4.69) is 0 Å². The fraction of sp³-hybridized carbons (Fsp3) is 0.100. The van der Waals surface area contributed by atoms with E-state index in [0.717, 1.165) is 11.8 Å². The van der Waals surface area contributed by atoms with Crippen molar-refractivity contribution in [1.82, 2.24) is 0 Å². The van der Waals surface area contributed by atoms with Crippen LogP contribution >= 0.6 is 11.6 Å². The lowest BCUT2D eigenvalue weighted by Crippen LogP contribution is -1.82. The zero-order chi connectivity index (χ0) is 8.97. The first kappa shape index (κ1) is 9.01. The van der Waals surface area contributed by atoms with Crippen molar-refractivity contribution in [3.05, 3.63) is 41.5 Å². The first-order valence-electron chi connectivity index (χ1n) is 3.62. The van der Waals surface area contributed by atoms with Gasteiger partial charge in [0.1, 0.15) is 6.29 Å². The molecule has 0 radical (unpaired) electrons. The number of halogens is 1. The summed E-state index contributed by atoms with van der Waals surface area (Å²) in [7, 11) is 0. The number of rotatable bonds is 2. The van der Waals surface area contributed by atoms with E-state index in [1.165, 1.54) is 0 Å². The summed E-state index contributed by atoms with van der Waals surface area (Å²) in [6.07, 6.45) is 0.759. The molecule has 0 bridgehead atoms. The van der Waals surface area contributed by atoms with Crippen LogP contribution in [0.3, 0.4) is 0 Å². The van der Waals surface area contributed by atoms with Crippen LogP contribution in [0.4, 0.5) is 0 Å². The molecule has 1 aromatic carbocycles. The Labute approximate surface area is 76.7 Å². The maximum absolute atomic E-state index is 10.4. The molecule has 0 saturated carbocycles. The van der Waals surface area contributed by atoms with Gasteiger partial charge >= 0.3 is 0 Å². The lowest BCUT2D eigenvalue weighted by Gasteiger charge is -1.98. The highest BCUT2D eigenvalue weighted by molar-refractivity contribution is 6.50. The maximum atomic E-state index is 10.4. The Morgan fingerprint density at radius 2 is 1.92 bits per heavy atom. The van der Waals surface area contributed by atoms with Crippen LogP contribution in [0.2, 0.25) is 0 Å². The minimum absolute atomic E-state index is 0.519. The molecule has 0 saturated heterocycles. The summed E-state index contributed by atoms with van der Waals surface area (Å²) in [5.41, 5.74) is 1.44. The molecule has 62 valence electrons. The fourth-order valence-corrected chi connectivity index (χ4v) is 1.03. The van der Waals surface area contributed by atoms with Gasteiger partial charge in [-0.15, -0.1) is 0 Å². The second kappa shape index (κ2) is 4.07. The van der Waals surface area contributed by atoms with Gasteiger partial charge in [-0.1, -0.05) is 41.9 Å². The maximum Gasteiger partial charge on any atom is 0.147 e. The van der Waals surface area contributed by atoms with Gasteiger partial charge in [-0.05, 0) is 12.5 Å². The van der Waals surface area contributed by atoms with Gasteiger partial charge in [0.2, 0.25) is 0 Å². The third-order valence-corrected chi connectivity index (χ3v) is 2.07. The summed E-state index contributed by atoms with van der Waals surface area (Å²) in [5.74, 6) is 0. The van der Waals surface area contributed by atoms with E-state index >= 15 is 0 Å². The second-order valence-corrected chi connectivity index (χ2v) is 2.86. The van der Waals surface area contributed by atoms with Crippen molar-refractivity contribution < 1.29 is 4.79 Å². The number of benzene rings is 1. The third kappa shape index (κ3) is 1.95. The van der Waals surface area contributed by atoms with Gasteiger partial charge in [-0.3, -0.25) is 4.79 Å². The predicted octanol–water partition coefficient (Wildman–Crippen LogP) is 2.86. The van der Waals surface area contributed by atoms with Gasteiger partial charge in [-0.25, -0.2) is 0 Å². The zero-order valence-corrected chi connectivity index (χ0v) is 7.51. The SMILES string of the molecule is CC(C=O)=C(Cl)c1ccccc1. The van der Waals surface area contributed by atoms with E-state index in [-0.39, 0.29) is 0 Å². The zero-order valence-electron chi connectivity index (χ0n) is 6.75. The number of allylic oxidation sites excluding steroid dienone is 1. The molecule has 0 atom stereocenters. The normalized spacial score (nSPS) is 12.2. The van der Waals surface area contributed by atoms with Crippen LogP contribution in [0.15, 0.2) is 35.9 Å². The molecule has 0 aliphatic heterocycles. The highest BCUT2D eigenvalue weighted by Gasteiger charge is 1.99. The van der Waals surface area contributed by atoms with Gasteiger partial charge in [0.25, 0.3) is 0 Å². The summed E-state index contributed by atoms with van der Waals surface area (Å²) in [6, 6.07) is 9.42. The number of carbonyl (C=O) groups is 1. The minimum Gasteiger partial charge on any atom is -0.298 e. The summed E-state index contributed by atoms with van der Waals surface area (Å²) in [4.78, 5) is 10.4. The van der Waals surface area contributed by atoms with Crippen molar-refractivity contribution in [2.45, 2.75) is 6.92 Å². The molecule has 1 rings (SSSR count). The van der Waals surface area contributed by atoms with Gasteiger partial charge in [0, 0.05) is 5.57 Å². The average molecular weight is 181 g/mol. The number of carbonyl (C=O) groups excluding carboxylic acids is 1. The third-order valence-electron chi connectivity index (χ3n) is 1.55. The molecular formula is C10H9ClO. The Bertz CT molecular complexity index is 301. The van der Waals surface area contributed by atoms with Crippen molar-refractivity contribution in [3.63, 3.8) is 0 Å². The van der Waals surface area contributed by atoms with E-state index in [0.29, 0.717) is 10.6 Å². The number of hydrogen-bond acceptors (Lipinski definition) is 1. The molecule has 0 heterocycles. The molecule has 1 nitrogen and oxygen atoms in total. The highest BCUT2D eigenvalue weighted by Crippen LogP contribution is 2.21. The molecule has 0 fully saturated rings. The molecule has 0 N–H and O–H groups in total. The van der Waals surface area contributed by atoms with E-state index in [9.17, 15) is 4.79 Å². The quantitative estimate of drug-likeness (QED) is 0.505. The predicted molar refractivity (Wildman–Crippen MR) is 51.0 cm³/mol. The number of aldehydes is 1. The Kier molecular flexibility index (Phi) is 3.06. The molecule has 12 heavy (non-hydrogen) atoms. The lowest BCUT2D eigenvalue weighted by molar-refractivity contribution is -0.104. The van der Waals surface area contributed by atoms with Crippen molar-refractivity contribution in [2.24, 2.45) is 0 Å². The highest BCUT2D eigenvalue weighted by atomic mass is 35.5. The second-order valence-electron chi connectivity index (χ2n) is 2.48. The molecule has 0 aliphatic rings. The van der Waals surface area contributed by atoms with Gasteiger partial charge in [0.05, 0.1) is 5.03 Å². The average Bonchev–Trinajstić information content (AvgIpc) is 2.17. The molecule has 0 spiro atoms. The molecule has 0 unspecified atom stereocenters. The largest absolute Gasteiger partial charge is 0.298 e. The molecule has 0 aliphatic carbocycles. The van der Waals surface area contributed by atoms with E-state index < -0.39 is 0 Å². The molecule has 0 amide bonds. The summed E-state index contributed by atoms with van der Waals surface area (Å²) < 4.78 is 0. The fourth-order valence-electron chi connectivity index (χ4n) is 0.864. The Morgan fingerprint density at radius 3 is 2.42 bits per heavy atom. The van der Waals surface area contributed by atoms with Crippen LogP contribution in [0.5, 0.6) is 0 Å². The monoisotopic (exact) mass is 180 g/mol. The van der Waals surface area contributed by atoms with Crippen LogP contribution in [0, 0.1) is 0 Å². The summed E-state index contributed by atoms with van der Waals surface area (Å²) >= 11 is 5.91. The smallest absolute Gasteiger partial charge is 0.147 e. The molecule has 1 aromatic rings. The first-order chi connectivity index (χ1) is 5.75. The van der Waals surface area contributed by atoms with Crippen LogP contribution in [0.25, 0.3) is 5.03 Å². The Hall–Kier alpha value is -1.08. The van der Waals surface area contributed by atoms with Crippen molar-refractivity contribution in [2.75, 3.05) is 0 Å². The summed E-state index contributed by atoms with van der Waals surface area (Å²) in [6.45, 7) is 1.70. The lowest BCUT2D eigenvalue weighted by atomic mass is 10.1. The van der Waals surface area contributed by atoms with Gasteiger partial charge in [0.15, 0.2) is 0 Å². The Balaban J connectivity index is 3.08. The van der Waals surface area contributed by atoms with Crippen molar-refractivity contribution in [3.8, 4) is 0 Å². The topological polar surface area (TPSA) is 17.1 Å². The van der Waals surface area contributed by atoms with Crippen LogP contribution < -0.4 is 0 Å². The van der Waals surface area contributed by atoms with E-state index in [4.69, 9.17) is 11.6 Å². The van der Waals surface area contributed by atoms with Crippen molar-refractivity contribution in [1.29, 1.82) is 0 Å². The van der Waals surface area contributed by atoms with Crippen molar-refractivity contribution >= 4 is 22.9 Å². The van der Waals surface area contributed by atoms with Crippen LogP contribution in [-0.2, 0) is 4.79 Å². The standard InChI is InChI=1S/C10H9ClO/c1-8(7-12)10(11)9-5-3-2-4-6-9/h2-7H,1H3. The molecule has 2 heteroatoms. The van der Waals surface area contributed by atoms with E-state index in [1.807, 2.05) is 30.3 Å². The molecular weight excluding hydrogens is 172 g/mol. The van der Waals surface area contributed by atoms with Gasteiger partial charge < -0.3 is 0 Å².